The first-order valence-corrected chi connectivity index (χ1v) is 15.6. The van der Waals surface area contributed by atoms with E-state index >= 15 is 0 Å². The van der Waals surface area contributed by atoms with Crippen molar-refractivity contribution in [1.29, 1.82) is 0 Å². The molecule has 13 nitrogen and oxygen atoms in total. The van der Waals surface area contributed by atoms with Crippen molar-refractivity contribution in [3.05, 3.63) is 65.2 Å². The highest BCUT2D eigenvalue weighted by Gasteiger charge is 2.35. The predicted octanol–water partition coefficient (Wildman–Crippen LogP) is 3.75. The predicted molar refractivity (Wildman–Crippen MR) is 180 cm³/mol. The fourth-order valence-corrected chi connectivity index (χ4v) is 5.35. The average Bonchev–Trinajstić information content (AvgIpc) is 3.17. The molecule has 258 valence electrons. The summed E-state index contributed by atoms with van der Waals surface area (Å²) in [5.41, 5.74) is 0.643. The molecule has 4 rings (SSSR count). The van der Waals surface area contributed by atoms with E-state index in [9.17, 15) is 29.4 Å². The molecule has 2 atom stereocenters. The van der Waals surface area contributed by atoms with Gasteiger partial charge in [-0.3, -0.25) is 9.59 Å². The van der Waals surface area contributed by atoms with E-state index < -0.39 is 29.6 Å². The van der Waals surface area contributed by atoms with Gasteiger partial charge in [0.1, 0.15) is 24.0 Å². The number of rotatable bonds is 11. The van der Waals surface area contributed by atoms with Crippen LogP contribution in [0.3, 0.4) is 0 Å². The molecular weight excluding hydrogens is 620 g/mol. The van der Waals surface area contributed by atoms with Crippen LogP contribution >= 0.6 is 0 Å². The Morgan fingerprint density at radius 2 is 1.85 bits per heavy atom. The van der Waals surface area contributed by atoms with Gasteiger partial charge in [0.15, 0.2) is 5.75 Å². The number of fused-ring (bicyclic) bond motifs is 2. The normalized spacial score (nSPS) is 15.2. The van der Waals surface area contributed by atoms with E-state index in [1.807, 2.05) is 6.92 Å². The van der Waals surface area contributed by atoms with Gasteiger partial charge in [-0.1, -0.05) is 18.2 Å². The van der Waals surface area contributed by atoms with Gasteiger partial charge in [-0.15, -0.1) is 0 Å². The summed E-state index contributed by atoms with van der Waals surface area (Å²) in [5, 5.41) is 23.6. The Morgan fingerprint density at radius 3 is 2.50 bits per heavy atom. The number of carbonyl (C=O) groups is 4. The van der Waals surface area contributed by atoms with E-state index in [0.717, 1.165) is 0 Å². The van der Waals surface area contributed by atoms with Gasteiger partial charge in [0, 0.05) is 38.8 Å². The zero-order chi connectivity index (χ0) is 35.3. The largest absolute Gasteiger partial charge is 0.496 e. The first kappa shape index (κ1) is 36.0. The van der Waals surface area contributed by atoms with Gasteiger partial charge in [0.2, 0.25) is 5.91 Å². The summed E-state index contributed by atoms with van der Waals surface area (Å²) in [6, 6.07) is 11.9. The highest BCUT2D eigenvalue weighted by molar-refractivity contribution is 6.05. The number of methoxy groups -OCH3 is 1. The summed E-state index contributed by atoms with van der Waals surface area (Å²) >= 11 is 0. The Kier molecular flexibility index (Phi) is 11.2. The molecule has 3 aromatic carbocycles. The quantitative estimate of drug-likeness (QED) is 0.276. The summed E-state index contributed by atoms with van der Waals surface area (Å²) < 4.78 is 17.4. The van der Waals surface area contributed by atoms with Crippen molar-refractivity contribution in [2.24, 2.45) is 0 Å². The Balaban J connectivity index is 1.75. The summed E-state index contributed by atoms with van der Waals surface area (Å²) in [5.74, 6) is -1.12. The van der Waals surface area contributed by atoms with Gasteiger partial charge in [-0.2, -0.15) is 0 Å². The third kappa shape index (κ3) is 7.97. The van der Waals surface area contributed by atoms with Crippen molar-refractivity contribution in [2.45, 2.75) is 51.9 Å². The molecule has 0 aliphatic carbocycles. The number of hydrogen-bond acceptors (Lipinski definition) is 9. The zero-order valence-corrected chi connectivity index (χ0v) is 28.4. The maximum absolute atomic E-state index is 14.4. The number of carbonyl (C=O) groups excluding carboxylic acids is 3. The van der Waals surface area contributed by atoms with Gasteiger partial charge in [0.25, 0.3) is 5.91 Å². The van der Waals surface area contributed by atoms with Crippen LogP contribution < -0.4 is 19.7 Å². The lowest BCUT2D eigenvalue weighted by molar-refractivity contribution is -0.121. The Hall–Kier alpha value is -4.88. The van der Waals surface area contributed by atoms with Crippen LogP contribution in [-0.4, -0.2) is 109 Å². The maximum atomic E-state index is 14.4. The SMILES string of the molecule is COc1ccc2cc(C(=O)O)ccc2c1CN1C(=O)[C@@H](NC[C@H](C)N(C)C(=O)OC(C)(C)C)COc2c(C(=O)N(C)CCO)cccc21. The highest BCUT2D eigenvalue weighted by atomic mass is 16.6. The molecule has 0 unspecified atom stereocenters. The number of nitrogens with zero attached hydrogens (tertiary/aromatic N) is 3. The minimum atomic E-state index is -1.06. The minimum absolute atomic E-state index is 0.00219. The molecule has 0 radical (unpaired) electrons. The average molecular weight is 665 g/mol. The lowest BCUT2D eigenvalue weighted by Gasteiger charge is -2.30. The lowest BCUT2D eigenvalue weighted by atomic mass is 10.00. The molecule has 0 saturated heterocycles. The summed E-state index contributed by atoms with van der Waals surface area (Å²) in [6.07, 6.45) is -0.501. The van der Waals surface area contributed by atoms with E-state index in [-0.39, 0.29) is 61.7 Å². The van der Waals surface area contributed by atoms with E-state index in [1.165, 1.54) is 27.9 Å². The number of aliphatic hydroxyl groups excluding tert-OH is 1. The number of anilines is 1. The highest BCUT2D eigenvalue weighted by Crippen LogP contribution is 2.39. The van der Waals surface area contributed by atoms with Gasteiger partial charge in [0.05, 0.1) is 37.1 Å². The van der Waals surface area contributed by atoms with Gasteiger partial charge < -0.3 is 44.4 Å². The van der Waals surface area contributed by atoms with Crippen LogP contribution in [0.1, 0.15) is 54.0 Å². The number of amides is 3. The lowest BCUT2D eigenvalue weighted by Crippen LogP contribution is -2.52. The molecule has 0 saturated carbocycles. The topological polar surface area (TPSA) is 158 Å². The van der Waals surface area contributed by atoms with E-state index in [0.29, 0.717) is 27.8 Å². The molecule has 3 N–H and O–H groups in total. The van der Waals surface area contributed by atoms with Crippen LogP contribution in [0.4, 0.5) is 10.5 Å². The molecule has 1 aliphatic heterocycles. The van der Waals surface area contributed by atoms with Gasteiger partial charge in [-0.05, 0) is 68.8 Å². The van der Waals surface area contributed by atoms with Crippen LogP contribution in [0.15, 0.2) is 48.5 Å². The van der Waals surface area contributed by atoms with Crippen molar-refractivity contribution < 1.29 is 43.6 Å². The number of para-hydroxylation sites is 1. The molecule has 0 spiro atoms. The Bertz CT molecular complexity index is 1690. The fourth-order valence-electron chi connectivity index (χ4n) is 5.35. The first-order valence-electron chi connectivity index (χ1n) is 15.6. The van der Waals surface area contributed by atoms with Crippen LogP contribution in [0.25, 0.3) is 10.8 Å². The number of benzene rings is 3. The smallest absolute Gasteiger partial charge is 0.410 e. The van der Waals surface area contributed by atoms with Crippen LogP contribution in [0.2, 0.25) is 0 Å². The van der Waals surface area contributed by atoms with Crippen molar-refractivity contribution in [1.82, 2.24) is 15.1 Å². The summed E-state index contributed by atoms with van der Waals surface area (Å²) in [6.45, 7) is 7.15. The third-order valence-corrected chi connectivity index (χ3v) is 8.13. The number of nitrogens with one attached hydrogen (secondary N) is 1. The molecule has 3 aromatic rings. The zero-order valence-electron chi connectivity index (χ0n) is 28.4. The van der Waals surface area contributed by atoms with E-state index in [4.69, 9.17) is 14.2 Å². The standard InChI is InChI=1S/C35H44N4O9/c1-21(38(6)34(45)48-35(2,3)4)18-36-27-20-47-30-25(31(41)37(5)15-16-40)9-8-10-28(30)39(32(27)42)19-26-24-13-11-23(33(43)44)17-22(24)12-14-29(26)46-7/h8-14,17,21,27,36,40H,15-16,18-20H2,1-7H3,(H,43,44)/t21-,27-/m0/s1. The molecular formula is C35H44N4O9. The van der Waals surface area contributed by atoms with Gasteiger partial charge >= 0.3 is 12.1 Å². The number of carboxylic acids is 1. The second kappa shape index (κ2) is 14.9. The molecule has 1 heterocycles. The van der Waals surface area contributed by atoms with Crippen molar-refractivity contribution >= 4 is 40.3 Å². The molecule has 13 heteroatoms. The molecule has 0 aromatic heterocycles. The first-order chi connectivity index (χ1) is 22.7. The fraction of sp³-hybridized carbons (Fsp3) is 0.429. The molecule has 0 bridgehead atoms. The number of carboxylic acid groups (broad SMARTS) is 1. The monoisotopic (exact) mass is 664 g/mol. The summed E-state index contributed by atoms with van der Waals surface area (Å²) in [4.78, 5) is 56.6. The summed E-state index contributed by atoms with van der Waals surface area (Å²) in [7, 11) is 4.70. The number of aromatic carboxylic acids is 1. The number of aliphatic hydroxyl groups is 1. The second-order valence-electron chi connectivity index (χ2n) is 12.7. The number of hydrogen-bond donors (Lipinski definition) is 3. The number of ether oxygens (including phenoxy) is 3. The Morgan fingerprint density at radius 1 is 1.12 bits per heavy atom. The molecule has 0 fully saturated rings. The number of likely N-dealkylation sites (N-methyl/N-ethyl adjacent to an activating group) is 2. The van der Waals surface area contributed by atoms with Crippen LogP contribution in [0, 0.1) is 0 Å². The van der Waals surface area contributed by atoms with E-state index in [2.05, 4.69) is 5.32 Å². The van der Waals surface area contributed by atoms with Crippen molar-refractivity contribution in [3.63, 3.8) is 0 Å². The van der Waals surface area contributed by atoms with Crippen LogP contribution in [-0.2, 0) is 16.1 Å². The molecule has 1 aliphatic rings. The van der Waals surface area contributed by atoms with E-state index in [1.54, 1.807) is 77.3 Å². The third-order valence-electron chi connectivity index (χ3n) is 8.13. The van der Waals surface area contributed by atoms with Crippen molar-refractivity contribution in [2.75, 3.05) is 52.4 Å². The molecule has 3 amide bonds. The Labute approximate surface area is 280 Å². The second-order valence-corrected chi connectivity index (χ2v) is 12.7. The van der Waals surface area contributed by atoms with Crippen molar-refractivity contribution in [3.8, 4) is 11.5 Å². The maximum Gasteiger partial charge on any atom is 0.410 e. The molecule has 48 heavy (non-hydrogen) atoms. The minimum Gasteiger partial charge on any atom is -0.496 e. The van der Waals surface area contributed by atoms with Gasteiger partial charge in [-0.25, -0.2) is 9.59 Å². The van der Waals surface area contributed by atoms with Crippen LogP contribution in [0.5, 0.6) is 11.5 Å².